The smallest absolute Gasteiger partial charge is 0.322 e. The van der Waals surface area contributed by atoms with Crippen LogP contribution in [0.1, 0.15) is 32.1 Å². The summed E-state index contributed by atoms with van der Waals surface area (Å²) in [5.41, 5.74) is -0.791. The van der Waals surface area contributed by atoms with Crippen molar-refractivity contribution in [2.24, 2.45) is 5.92 Å². The molecule has 1 atom stereocenters. The van der Waals surface area contributed by atoms with Crippen molar-refractivity contribution in [1.29, 1.82) is 0 Å². The van der Waals surface area contributed by atoms with E-state index in [1.165, 1.54) is 0 Å². The number of carbonyl (C=O) groups is 3. The van der Waals surface area contributed by atoms with Crippen molar-refractivity contribution in [2.45, 2.75) is 37.6 Å². The van der Waals surface area contributed by atoms with Gasteiger partial charge in [-0.05, 0) is 32.1 Å². The Morgan fingerprint density at radius 1 is 1.25 bits per heavy atom. The quantitative estimate of drug-likeness (QED) is 0.542. The molecule has 6 nitrogen and oxygen atoms in total. The van der Waals surface area contributed by atoms with E-state index in [1.807, 2.05) is 4.90 Å². The van der Waals surface area contributed by atoms with Gasteiger partial charge in [0.15, 0.2) is 0 Å². The minimum Gasteiger partial charge on any atom is -0.342 e. The molecule has 0 bridgehead atoms. The number of nitrogens with zero attached hydrogens (tertiary/aromatic N) is 1. The standard InChI is InChI=1S/C14H19N3O3/c18-11(10-4-2-1-3-5-10)17-8-6-14(7-9-17)12(19)15-13(20)16-14/h1-2,10H,3-9H2,(H2,15,16,19,20). The number of urea groups is 1. The summed E-state index contributed by atoms with van der Waals surface area (Å²) in [7, 11) is 0. The molecule has 0 aromatic rings. The Labute approximate surface area is 117 Å². The average molecular weight is 277 g/mol. The van der Waals surface area contributed by atoms with Crippen molar-refractivity contribution in [3.8, 4) is 0 Å². The van der Waals surface area contributed by atoms with Gasteiger partial charge < -0.3 is 10.2 Å². The second-order valence-electron chi connectivity index (χ2n) is 5.80. The number of likely N-dealkylation sites (tertiary alicyclic amines) is 1. The van der Waals surface area contributed by atoms with Crippen LogP contribution in [0.4, 0.5) is 4.79 Å². The molecule has 0 aromatic carbocycles. The van der Waals surface area contributed by atoms with E-state index in [1.54, 1.807) is 0 Å². The normalized spacial score (nSPS) is 28.4. The summed E-state index contributed by atoms with van der Waals surface area (Å²) in [4.78, 5) is 37.3. The van der Waals surface area contributed by atoms with Gasteiger partial charge in [-0.15, -0.1) is 0 Å². The third-order valence-electron chi connectivity index (χ3n) is 4.56. The van der Waals surface area contributed by atoms with Crippen LogP contribution in [0.15, 0.2) is 12.2 Å². The van der Waals surface area contributed by atoms with Crippen molar-refractivity contribution < 1.29 is 14.4 Å². The summed E-state index contributed by atoms with van der Waals surface area (Å²) in [6.45, 7) is 1.07. The molecular weight excluding hydrogens is 258 g/mol. The number of hydrogen-bond acceptors (Lipinski definition) is 3. The van der Waals surface area contributed by atoms with Crippen LogP contribution < -0.4 is 10.6 Å². The number of allylic oxidation sites excluding steroid dienone is 2. The van der Waals surface area contributed by atoms with Crippen LogP contribution in [-0.4, -0.2) is 41.4 Å². The van der Waals surface area contributed by atoms with Crippen molar-refractivity contribution in [3.05, 3.63) is 12.2 Å². The third kappa shape index (κ3) is 2.19. The highest BCUT2D eigenvalue weighted by Crippen LogP contribution is 2.28. The maximum atomic E-state index is 12.4. The van der Waals surface area contributed by atoms with Crippen LogP contribution in [0.25, 0.3) is 0 Å². The molecule has 0 aromatic heterocycles. The molecular formula is C14H19N3O3. The lowest BCUT2D eigenvalue weighted by molar-refractivity contribution is -0.139. The molecule has 2 fully saturated rings. The number of hydrogen-bond donors (Lipinski definition) is 2. The number of amides is 4. The second-order valence-corrected chi connectivity index (χ2v) is 5.80. The van der Waals surface area contributed by atoms with Crippen molar-refractivity contribution in [2.75, 3.05) is 13.1 Å². The monoisotopic (exact) mass is 277 g/mol. The minimum atomic E-state index is -0.791. The van der Waals surface area contributed by atoms with Crippen molar-refractivity contribution >= 4 is 17.8 Å². The van der Waals surface area contributed by atoms with Crippen LogP contribution in [0.2, 0.25) is 0 Å². The van der Waals surface area contributed by atoms with Gasteiger partial charge in [-0.2, -0.15) is 0 Å². The summed E-state index contributed by atoms with van der Waals surface area (Å²) in [6.07, 6.45) is 7.88. The van der Waals surface area contributed by atoms with Gasteiger partial charge in [-0.3, -0.25) is 14.9 Å². The van der Waals surface area contributed by atoms with Crippen molar-refractivity contribution in [3.63, 3.8) is 0 Å². The van der Waals surface area contributed by atoms with Gasteiger partial charge >= 0.3 is 6.03 Å². The zero-order chi connectivity index (χ0) is 14.2. The van der Waals surface area contributed by atoms with Gasteiger partial charge in [0.05, 0.1) is 0 Å². The van der Waals surface area contributed by atoms with E-state index in [4.69, 9.17) is 0 Å². The van der Waals surface area contributed by atoms with Crippen LogP contribution in [0.3, 0.4) is 0 Å². The van der Waals surface area contributed by atoms with E-state index in [2.05, 4.69) is 22.8 Å². The average Bonchev–Trinajstić information content (AvgIpc) is 2.74. The van der Waals surface area contributed by atoms with Crippen LogP contribution in [0.5, 0.6) is 0 Å². The van der Waals surface area contributed by atoms with Gasteiger partial charge in [0.25, 0.3) is 5.91 Å². The molecule has 4 amide bonds. The Kier molecular flexibility index (Phi) is 3.23. The number of nitrogens with one attached hydrogen (secondary N) is 2. The molecule has 2 saturated heterocycles. The maximum Gasteiger partial charge on any atom is 0.322 e. The Morgan fingerprint density at radius 3 is 2.55 bits per heavy atom. The highest BCUT2D eigenvalue weighted by Gasteiger charge is 2.48. The first-order valence-corrected chi connectivity index (χ1v) is 7.18. The lowest BCUT2D eigenvalue weighted by Gasteiger charge is -2.38. The fourth-order valence-electron chi connectivity index (χ4n) is 3.27. The molecule has 2 aliphatic heterocycles. The summed E-state index contributed by atoms with van der Waals surface area (Å²) < 4.78 is 0. The highest BCUT2D eigenvalue weighted by molar-refractivity contribution is 6.07. The molecule has 1 aliphatic carbocycles. The number of imide groups is 1. The first kappa shape index (κ1) is 13.1. The molecule has 0 radical (unpaired) electrons. The number of piperidine rings is 1. The van der Waals surface area contributed by atoms with E-state index in [9.17, 15) is 14.4 Å². The summed E-state index contributed by atoms with van der Waals surface area (Å²) in [6, 6.07) is -0.424. The predicted octanol–water partition coefficient (Wildman–Crippen LogP) is 0.543. The van der Waals surface area contributed by atoms with Gasteiger partial charge in [0.2, 0.25) is 5.91 Å². The van der Waals surface area contributed by atoms with Crippen LogP contribution in [-0.2, 0) is 9.59 Å². The Morgan fingerprint density at radius 2 is 2.00 bits per heavy atom. The number of rotatable bonds is 1. The van der Waals surface area contributed by atoms with E-state index in [0.29, 0.717) is 25.9 Å². The van der Waals surface area contributed by atoms with Gasteiger partial charge in [0.1, 0.15) is 5.54 Å². The minimum absolute atomic E-state index is 0.0843. The molecule has 0 saturated carbocycles. The molecule has 108 valence electrons. The van der Waals surface area contributed by atoms with Gasteiger partial charge in [-0.25, -0.2) is 4.79 Å². The van der Waals surface area contributed by atoms with E-state index in [-0.39, 0.29) is 17.7 Å². The Balaban J connectivity index is 1.61. The Hall–Kier alpha value is -1.85. The van der Waals surface area contributed by atoms with Gasteiger partial charge in [-0.1, -0.05) is 12.2 Å². The van der Waals surface area contributed by atoms with Gasteiger partial charge in [0, 0.05) is 19.0 Å². The van der Waals surface area contributed by atoms with E-state index < -0.39 is 11.6 Å². The molecule has 3 aliphatic rings. The molecule has 20 heavy (non-hydrogen) atoms. The molecule has 1 spiro atoms. The van der Waals surface area contributed by atoms with E-state index >= 15 is 0 Å². The summed E-state index contributed by atoms with van der Waals surface area (Å²) in [5, 5.41) is 4.99. The fourth-order valence-corrected chi connectivity index (χ4v) is 3.27. The molecule has 3 rings (SSSR count). The Bertz CT molecular complexity index is 478. The van der Waals surface area contributed by atoms with Crippen LogP contribution in [0, 0.1) is 5.92 Å². The number of carbonyl (C=O) groups excluding carboxylic acids is 3. The van der Waals surface area contributed by atoms with Crippen LogP contribution >= 0.6 is 0 Å². The molecule has 1 unspecified atom stereocenters. The largest absolute Gasteiger partial charge is 0.342 e. The summed E-state index contributed by atoms with van der Waals surface area (Å²) in [5.74, 6) is 0.0187. The summed E-state index contributed by atoms with van der Waals surface area (Å²) >= 11 is 0. The lowest BCUT2D eigenvalue weighted by Crippen LogP contribution is -2.56. The lowest BCUT2D eigenvalue weighted by atomic mass is 9.86. The first-order chi connectivity index (χ1) is 9.61. The zero-order valence-corrected chi connectivity index (χ0v) is 11.4. The van der Waals surface area contributed by atoms with Crippen molar-refractivity contribution in [1.82, 2.24) is 15.5 Å². The highest BCUT2D eigenvalue weighted by atomic mass is 16.2. The van der Waals surface area contributed by atoms with E-state index in [0.717, 1.165) is 19.3 Å². The molecule has 2 N–H and O–H groups in total. The first-order valence-electron chi connectivity index (χ1n) is 7.18. The predicted molar refractivity (Wildman–Crippen MR) is 71.7 cm³/mol. The topological polar surface area (TPSA) is 78.5 Å². The maximum absolute atomic E-state index is 12.4. The second kappa shape index (κ2) is 4.92. The fraction of sp³-hybridized carbons (Fsp3) is 0.643. The zero-order valence-electron chi connectivity index (χ0n) is 11.4. The third-order valence-corrected chi connectivity index (χ3v) is 4.56. The molecule has 2 heterocycles. The molecule has 6 heteroatoms. The SMILES string of the molecule is O=C1NC(=O)C2(CCN(C(=O)C3CC=CCC3)CC2)N1.